The van der Waals surface area contributed by atoms with Gasteiger partial charge in [0.1, 0.15) is 18.0 Å². The van der Waals surface area contributed by atoms with E-state index in [9.17, 15) is 9.59 Å². The average Bonchev–Trinajstić information content (AvgIpc) is 2.39. The highest BCUT2D eigenvalue weighted by atomic mass is 16.5. The minimum atomic E-state index is -0.467. The molecule has 20 heavy (non-hydrogen) atoms. The Morgan fingerprint density at radius 3 is 2.70 bits per heavy atom. The molecule has 0 atom stereocenters. The van der Waals surface area contributed by atoms with Gasteiger partial charge in [0.25, 0.3) is 0 Å². The van der Waals surface area contributed by atoms with E-state index in [4.69, 9.17) is 4.74 Å². The molecule has 2 rings (SSSR count). The van der Waals surface area contributed by atoms with E-state index in [1.807, 2.05) is 24.4 Å². The molecule has 0 radical (unpaired) electrons. The molecular formula is C16H19NO3. The first-order valence-corrected chi connectivity index (χ1v) is 6.82. The summed E-state index contributed by atoms with van der Waals surface area (Å²) in [5.41, 5.74) is 1.22. The number of carbonyl (C=O) groups excluding carboxylic acids is 2. The monoisotopic (exact) mass is 273 g/mol. The van der Waals surface area contributed by atoms with Gasteiger partial charge < -0.3 is 9.64 Å². The van der Waals surface area contributed by atoms with Crippen LogP contribution >= 0.6 is 0 Å². The van der Waals surface area contributed by atoms with Crippen molar-refractivity contribution in [2.45, 2.75) is 32.7 Å². The van der Waals surface area contributed by atoms with Gasteiger partial charge in [-0.25, -0.2) is 0 Å². The Balaban J connectivity index is 1.93. The van der Waals surface area contributed by atoms with Crippen molar-refractivity contribution >= 4 is 11.8 Å². The van der Waals surface area contributed by atoms with Crippen LogP contribution in [0.3, 0.4) is 0 Å². The topological polar surface area (TPSA) is 46.6 Å². The summed E-state index contributed by atoms with van der Waals surface area (Å²) in [6.07, 6.45) is 3.42. The largest absolute Gasteiger partial charge is 0.429 e. The van der Waals surface area contributed by atoms with Gasteiger partial charge in [0.15, 0.2) is 0 Å². The Kier molecular flexibility index (Phi) is 4.93. The van der Waals surface area contributed by atoms with Gasteiger partial charge in [-0.05, 0) is 18.9 Å². The zero-order chi connectivity index (χ0) is 14.4. The smallest absolute Gasteiger partial charge is 0.318 e. The van der Waals surface area contributed by atoms with Crippen LogP contribution in [-0.2, 0) is 20.9 Å². The molecule has 0 saturated heterocycles. The summed E-state index contributed by atoms with van der Waals surface area (Å²) in [6, 6.07) is 10.2. The number of hydrogen-bond donors (Lipinski definition) is 0. The van der Waals surface area contributed by atoms with E-state index in [1.165, 1.54) is 12.5 Å². The molecule has 4 nitrogen and oxygen atoms in total. The molecule has 1 aliphatic heterocycles. The van der Waals surface area contributed by atoms with Crippen LogP contribution in [0, 0.1) is 0 Å². The van der Waals surface area contributed by atoms with Gasteiger partial charge in [0.05, 0.1) is 0 Å². The average molecular weight is 273 g/mol. The first-order valence-electron chi connectivity index (χ1n) is 6.82. The Hall–Kier alpha value is -2.10. The lowest BCUT2D eigenvalue weighted by atomic mass is 10.1. The number of esters is 1. The van der Waals surface area contributed by atoms with Gasteiger partial charge in [0.2, 0.25) is 0 Å². The molecule has 0 amide bonds. The lowest BCUT2D eigenvalue weighted by Gasteiger charge is -2.26. The van der Waals surface area contributed by atoms with Crippen LogP contribution in [0.15, 0.2) is 42.3 Å². The summed E-state index contributed by atoms with van der Waals surface area (Å²) in [5.74, 6) is 0.0105. The molecule has 4 heteroatoms. The zero-order valence-corrected chi connectivity index (χ0v) is 11.7. The maximum absolute atomic E-state index is 11.5. The van der Waals surface area contributed by atoms with Gasteiger partial charge in [-0.15, -0.1) is 0 Å². The van der Waals surface area contributed by atoms with E-state index in [1.54, 1.807) is 0 Å². The number of ether oxygens (including phenoxy) is 1. The number of hydrogen-bond acceptors (Lipinski definition) is 4. The fourth-order valence-electron chi connectivity index (χ4n) is 2.19. The third kappa shape index (κ3) is 4.53. The van der Waals surface area contributed by atoms with Crippen molar-refractivity contribution in [3.8, 4) is 0 Å². The maximum atomic E-state index is 11.5. The number of rotatable bonds is 5. The molecule has 1 aromatic carbocycles. The highest BCUT2D eigenvalue weighted by molar-refractivity contribution is 5.94. The maximum Gasteiger partial charge on any atom is 0.318 e. The van der Waals surface area contributed by atoms with Crippen molar-refractivity contribution in [3.63, 3.8) is 0 Å². The van der Waals surface area contributed by atoms with E-state index in [-0.39, 0.29) is 12.2 Å². The second kappa shape index (κ2) is 6.89. The minimum absolute atomic E-state index is 0.157. The van der Waals surface area contributed by atoms with Gasteiger partial charge in [0, 0.05) is 25.7 Å². The Morgan fingerprint density at radius 2 is 2.00 bits per heavy atom. The fraction of sp³-hybridized carbons (Fsp3) is 0.375. The summed E-state index contributed by atoms with van der Waals surface area (Å²) in [5, 5.41) is 0. The molecule has 1 aliphatic rings. The van der Waals surface area contributed by atoms with Gasteiger partial charge in [-0.1, -0.05) is 30.3 Å². The third-order valence-corrected chi connectivity index (χ3v) is 3.06. The van der Waals surface area contributed by atoms with Crippen LogP contribution in [-0.4, -0.2) is 23.2 Å². The van der Waals surface area contributed by atoms with Crippen molar-refractivity contribution in [3.05, 3.63) is 47.9 Å². The van der Waals surface area contributed by atoms with Crippen LogP contribution in [0.25, 0.3) is 0 Å². The van der Waals surface area contributed by atoms with Gasteiger partial charge in [-0.2, -0.15) is 0 Å². The summed E-state index contributed by atoms with van der Waals surface area (Å²) >= 11 is 0. The SMILES string of the molecule is CC(=O)CC(=O)OC1=CN(Cc2ccccc2)CCC1. The summed E-state index contributed by atoms with van der Waals surface area (Å²) in [6.45, 7) is 3.13. The van der Waals surface area contributed by atoms with Crippen molar-refractivity contribution in [2.24, 2.45) is 0 Å². The Labute approximate surface area is 119 Å². The van der Waals surface area contributed by atoms with E-state index in [2.05, 4.69) is 17.0 Å². The number of Topliss-reactive ketones (excluding diaryl/α,β-unsaturated/α-hetero) is 1. The molecule has 0 spiro atoms. The molecule has 0 bridgehead atoms. The molecule has 0 fully saturated rings. The molecular weight excluding hydrogens is 254 g/mol. The molecule has 106 valence electrons. The standard InChI is InChI=1S/C16H19NO3/c1-13(18)10-16(19)20-15-8-5-9-17(12-15)11-14-6-3-2-4-7-14/h2-4,6-7,12H,5,8-11H2,1H3. The first kappa shape index (κ1) is 14.3. The lowest BCUT2D eigenvalue weighted by molar-refractivity contribution is -0.142. The Morgan fingerprint density at radius 1 is 1.25 bits per heavy atom. The second-order valence-electron chi connectivity index (χ2n) is 5.01. The number of allylic oxidation sites excluding steroid dienone is 1. The van der Waals surface area contributed by atoms with E-state index < -0.39 is 5.97 Å². The van der Waals surface area contributed by atoms with E-state index in [0.717, 1.165) is 25.9 Å². The van der Waals surface area contributed by atoms with Crippen molar-refractivity contribution < 1.29 is 14.3 Å². The van der Waals surface area contributed by atoms with Crippen LogP contribution in [0.1, 0.15) is 31.7 Å². The zero-order valence-electron chi connectivity index (χ0n) is 11.7. The number of benzene rings is 1. The normalized spacial score (nSPS) is 14.7. The lowest BCUT2D eigenvalue weighted by Crippen LogP contribution is -2.24. The predicted molar refractivity (Wildman–Crippen MR) is 75.6 cm³/mol. The summed E-state index contributed by atoms with van der Waals surface area (Å²) in [7, 11) is 0. The highest BCUT2D eigenvalue weighted by Crippen LogP contribution is 2.18. The summed E-state index contributed by atoms with van der Waals surface area (Å²) in [4.78, 5) is 24.5. The number of nitrogens with zero attached hydrogens (tertiary/aromatic N) is 1. The molecule has 0 saturated carbocycles. The van der Waals surface area contributed by atoms with Crippen LogP contribution in [0.4, 0.5) is 0 Å². The quantitative estimate of drug-likeness (QED) is 0.611. The van der Waals surface area contributed by atoms with Gasteiger partial charge >= 0.3 is 5.97 Å². The third-order valence-electron chi connectivity index (χ3n) is 3.06. The van der Waals surface area contributed by atoms with E-state index in [0.29, 0.717) is 5.76 Å². The Bertz CT molecular complexity index is 508. The molecule has 0 N–H and O–H groups in total. The van der Waals surface area contributed by atoms with E-state index >= 15 is 0 Å². The van der Waals surface area contributed by atoms with Crippen LogP contribution in [0.2, 0.25) is 0 Å². The van der Waals surface area contributed by atoms with Crippen LogP contribution in [0.5, 0.6) is 0 Å². The molecule has 0 aliphatic carbocycles. The predicted octanol–water partition coefficient (Wildman–Crippen LogP) is 2.65. The molecule has 0 unspecified atom stereocenters. The molecule has 1 aromatic rings. The van der Waals surface area contributed by atoms with Crippen molar-refractivity contribution in [2.75, 3.05) is 6.54 Å². The van der Waals surface area contributed by atoms with Crippen LogP contribution < -0.4 is 0 Å². The van der Waals surface area contributed by atoms with Gasteiger partial charge in [-0.3, -0.25) is 9.59 Å². The summed E-state index contributed by atoms with van der Waals surface area (Å²) < 4.78 is 5.23. The number of carbonyl (C=O) groups is 2. The first-order chi connectivity index (χ1) is 9.63. The molecule has 0 aromatic heterocycles. The molecule has 1 heterocycles. The van der Waals surface area contributed by atoms with Crippen molar-refractivity contribution in [1.82, 2.24) is 4.90 Å². The van der Waals surface area contributed by atoms with Crippen molar-refractivity contribution in [1.29, 1.82) is 0 Å². The highest BCUT2D eigenvalue weighted by Gasteiger charge is 2.15. The fourth-order valence-corrected chi connectivity index (χ4v) is 2.19. The number of ketones is 1. The second-order valence-corrected chi connectivity index (χ2v) is 5.01. The minimum Gasteiger partial charge on any atom is -0.429 e.